The topological polar surface area (TPSA) is 169 Å². The van der Waals surface area contributed by atoms with Crippen LogP contribution in [0.2, 0.25) is 0 Å². The smallest absolute Gasteiger partial charge is 0.337 e. The highest BCUT2D eigenvalue weighted by molar-refractivity contribution is 6.05. The largest absolute Gasteiger partial charge is 0.465 e. The Morgan fingerprint density at radius 2 is 1.59 bits per heavy atom. The first-order valence-electron chi connectivity index (χ1n) is 10.8. The SMILES string of the molecule is COC(=O)c1cc(NC(=O)[C@H]2CC(=O)Nc3nc(Nc4ccc(F)cc4)[nH]c(=O)c32)cc(C(=O)OC)c1. The van der Waals surface area contributed by atoms with E-state index in [0.717, 1.165) is 14.2 Å². The van der Waals surface area contributed by atoms with Gasteiger partial charge in [0, 0.05) is 17.8 Å². The van der Waals surface area contributed by atoms with Crippen molar-refractivity contribution in [1.29, 1.82) is 0 Å². The second-order valence-electron chi connectivity index (χ2n) is 7.89. The van der Waals surface area contributed by atoms with Gasteiger partial charge in [0.1, 0.15) is 11.6 Å². The molecule has 37 heavy (non-hydrogen) atoms. The van der Waals surface area contributed by atoms with Crippen molar-refractivity contribution in [3.63, 3.8) is 0 Å². The number of carbonyl (C=O) groups excluding carboxylic acids is 4. The van der Waals surface area contributed by atoms with Crippen LogP contribution >= 0.6 is 0 Å². The molecule has 2 aromatic carbocycles. The van der Waals surface area contributed by atoms with Gasteiger partial charge in [0.2, 0.25) is 17.8 Å². The molecule has 0 spiro atoms. The van der Waals surface area contributed by atoms with Crippen molar-refractivity contribution in [3.8, 4) is 0 Å². The zero-order chi connectivity index (χ0) is 26.7. The Kier molecular flexibility index (Phi) is 6.95. The average molecular weight is 509 g/mol. The minimum absolute atomic E-state index is 0.0292. The van der Waals surface area contributed by atoms with Crippen molar-refractivity contribution in [1.82, 2.24) is 9.97 Å². The molecule has 0 bridgehead atoms. The highest BCUT2D eigenvalue weighted by Gasteiger charge is 2.35. The van der Waals surface area contributed by atoms with Crippen molar-refractivity contribution in [3.05, 3.63) is 75.3 Å². The number of anilines is 4. The van der Waals surface area contributed by atoms with Gasteiger partial charge in [0.05, 0.1) is 36.8 Å². The fraction of sp³-hybridized carbons (Fsp3) is 0.167. The van der Waals surface area contributed by atoms with Gasteiger partial charge in [-0.05, 0) is 42.5 Å². The molecule has 1 aromatic heterocycles. The molecule has 4 N–H and O–H groups in total. The zero-order valence-electron chi connectivity index (χ0n) is 19.5. The van der Waals surface area contributed by atoms with E-state index in [2.05, 4.69) is 35.4 Å². The van der Waals surface area contributed by atoms with Crippen molar-refractivity contribution >= 4 is 46.9 Å². The van der Waals surface area contributed by atoms with E-state index < -0.39 is 41.0 Å². The molecule has 0 fully saturated rings. The van der Waals surface area contributed by atoms with Crippen LogP contribution in [0.5, 0.6) is 0 Å². The number of hydrogen-bond donors (Lipinski definition) is 4. The number of H-pyrrole nitrogens is 1. The molecule has 0 unspecified atom stereocenters. The minimum atomic E-state index is -1.23. The number of benzene rings is 2. The van der Waals surface area contributed by atoms with Crippen LogP contribution in [0.4, 0.5) is 27.5 Å². The number of nitrogens with one attached hydrogen (secondary N) is 4. The van der Waals surface area contributed by atoms with Crippen molar-refractivity contribution in [2.75, 3.05) is 30.2 Å². The van der Waals surface area contributed by atoms with E-state index in [1.807, 2.05) is 0 Å². The van der Waals surface area contributed by atoms with E-state index in [1.54, 1.807) is 0 Å². The van der Waals surface area contributed by atoms with Gasteiger partial charge in [-0.3, -0.25) is 19.4 Å². The first-order chi connectivity index (χ1) is 17.7. The number of fused-ring (bicyclic) bond motifs is 1. The molecule has 1 atom stereocenters. The number of nitrogens with zero attached hydrogens (tertiary/aromatic N) is 1. The average Bonchev–Trinajstić information content (AvgIpc) is 2.88. The standard InChI is InChI=1S/C24H20FN5O7/c1-36-22(34)11-7-12(23(35)37-2)9-15(8-11)26-20(32)16-10-17(31)28-19-18(16)21(33)30-24(29-19)27-14-5-3-13(25)4-6-14/h3-9,16H,10H2,1-2H3,(H,26,32)(H3,27,28,29,30,31,33)/t16-/m0/s1. The zero-order valence-corrected chi connectivity index (χ0v) is 19.5. The Labute approximate surface area is 208 Å². The monoisotopic (exact) mass is 509 g/mol. The first kappa shape index (κ1) is 25.0. The molecule has 1 aliphatic heterocycles. The summed E-state index contributed by atoms with van der Waals surface area (Å²) in [5.74, 6) is -4.67. The predicted octanol–water partition coefficient (Wildman–Crippen LogP) is 2.29. The van der Waals surface area contributed by atoms with Crippen molar-refractivity contribution < 1.29 is 33.0 Å². The molecule has 0 saturated carbocycles. The van der Waals surface area contributed by atoms with Gasteiger partial charge in [-0.1, -0.05) is 0 Å². The van der Waals surface area contributed by atoms with E-state index in [0.29, 0.717) is 5.69 Å². The van der Waals surface area contributed by atoms with E-state index in [9.17, 15) is 28.4 Å². The molecule has 4 rings (SSSR count). The maximum Gasteiger partial charge on any atom is 0.337 e. The van der Waals surface area contributed by atoms with Gasteiger partial charge >= 0.3 is 11.9 Å². The van der Waals surface area contributed by atoms with Crippen LogP contribution in [0.15, 0.2) is 47.3 Å². The van der Waals surface area contributed by atoms with Crippen LogP contribution in [0.25, 0.3) is 0 Å². The van der Waals surface area contributed by atoms with Gasteiger partial charge in [-0.15, -0.1) is 0 Å². The van der Waals surface area contributed by atoms with Crippen LogP contribution < -0.4 is 21.5 Å². The molecule has 2 amide bonds. The molecule has 0 saturated heterocycles. The summed E-state index contributed by atoms with van der Waals surface area (Å²) < 4.78 is 22.5. The van der Waals surface area contributed by atoms with Crippen LogP contribution in [0.3, 0.4) is 0 Å². The first-order valence-corrected chi connectivity index (χ1v) is 10.8. The fourth-order valence-corrected chi connectivity index (χ4v) is 3.72. The fourth-order valence-electron chi connectivity index (χ4n) is 3.72. The number of aromatic amines is 1. The summed E-state index contributed by atoms with van der Waals surface area (Å²) >= 11 is 0. The highest BCUT2D eigenvalue weighted by atomic mass is 19.1. The Hall–Kier alpha value is -5.07. The molecule has 0 aliphatic carbocycles. The predicted molar refractivity (Wildman–Crippen MR) is 128 cm³/mol. The minimum Gasteiger partial charge on any atom is -0.465 e. The van der Waals surface area contributed by atoms with Crippen molar-refractivity contribution in [2.45, 2.75) is 12.3 Å². The van der Waals surface area contributed by atoms with Gasteiger partial charge in [-0.2, -0.15) is 4.98 Å². The Bertz CT molecular complexity index is 1440. The third-order valence-electron chi connectivity index (χ3n) is 5.42. The summed E-state index contributed by atoms with van der Waals surface area (Å²) in [5, 5.41) is 7.80. The number of halogens is 1. The molecule has 13 heteroatoms. The molecular formula is C24H20FN5O7. The van der Waals surface area contributed by atoms with Crippen LogP contribution in [-0.2, 0) is 19.1 Å². The molecular weight excluding hydrogens is 489 g/mol. The number of aromatic nitrogens is 2. The number of ether oxygens (including phenoxy) is 2. The van der Waals surface area contributed by atoms with E-state index in [4.69, 9.17) is 0 Å². The van der Waals surface area contributed by atoms with E-state index in [-0.39, 0.29) is 40.6 Å². The quantitative estimate of drug-likeness (QED) is 0.364. The third-order valence-corrected chi connectivity index (χ3v) is 5.42. The number of methoxy groups -OCH3 is 2. The molecule has 0 radical (unpaired) electrons. The summed E-state index contributed by atoms with van der Waals surface area (Å²) in [6.45, 7) is 0. The molecule has 3 aromatic rings. The summed E-state index contributed by atoms with van der Waals surface area (Å²) in [4.78, 5) is 69.2. The summed E-state index contributed by atoms with van der Waals surface area (Å²) in [5.41, 5.74) is -0.364. The summed E-state index contributed by atoms with van der Waals surface area (Å²) in [7, 11) is 2.31. The number of rotatable bonds is 6. The molecule has 190 valence electrons. The van der Waals surface area contributed by atoms with Gasteiger partial charge in [0.15, 0.2) is 0 Å². The Morgan fingerprint density at radius 1 is 0.973 bits per heavy atom. The third kappa shape index (κ3) is 5.45. The van der Waals surface area contributed by atoms with E-state index >= 15 is 0 Å². The second-order valence-corrected chi connectivity index (χ2v) is 7.89. The summed E-state index contributed by atoms with van der Waals surface area (Å²) in [6, 6.07) is 9.06. The van der Waals surface area contributed by atoms with Gasteiger partial charge < -0.3 is 25.4 Å². The Balaban J connectivity index is 1.65. The van der Waals surface area contributed by atoms with Crippen LogP contribution in [-0.4, -0.2) is 47.9 Å². The van der Waals surface area contributed by atoms with Crippen LogP contribution in [0, 0.1) is 5.82 Å². The van der Waals surface area contributed by atoms with E-state index in [1.165, 1.54) is 42.5 Å². The lowest BCUT2D eigenvalue weighted by Gasteiger charge is -2.24. The number of amides is 2. The maximum atomic E-state index is 13.2. The number of carbonyl (C=O) groups is 4. The number of esters is 2. The molecule has 12 nitrogen and oxygen atoms in total. The van der Waals surface area contributed by atoms with Gasteiger partial charge in [-0.25, -0.2) is 14.0 Å². The van der Waals surface area contributed by atoms with Gasteiger partial charge in [0.25, 0.3) is 5.56 Å². The normalized spacial score (nSPS) is 14.1. The second kappa shape index (κ2) is 10.3. The summed E-state index contributed by atoms with van der Waals surface area (Å²) in [6.07, 6.45) is -0.352. The number of hydrogen-bond acceptors (Lipinski definition) is 9. The molecule has 1 aliphatic rings. The van der Waals surface area contributed by atoms with Crippen LogP contribution in [0.1, 0.15) is 38.6 Å². The Morgan fingerprint density at radius 3 is 2.19 bits per heavy atom. The lowest BCUT2D eigenvalue weighted by Crippen LogP contribution is -2.36. The maximum absolute atomic E-state index is 13.2. The molecule has 2 heterocycles. The lowest BCUT2D eigenvalue weighted by molar-refractivity contribution is -0.123. The highest BCUT2D eigenvalue weighted by Crippen LogP contribution is 2.30. The lowest BCUT2D eigenvalue weighted by atomic mass is 9.92. The van der Waals surface area contributed by atoms with Crippen molar-refractivity contribution in [2.24, 2.45) is 0 Å².